The van der Waals surface area contributed by atoms with E-state index < -0.39 is 22.5 Å². The van der Waals surface area contributed by atoms with E-state index in [9.17, 15) is 13.2 Å². The summed E-state index contributed by atoms with van der Waals surface area (Å²) in [5, 5.41) is 11.2. The zero-order valence-corrected chi connectivity index (χ0v) is 15.0. The molecule has 0 spiro atoms. The number of hydrogen-bond donors (Lipinski definition) is 3. The number of anilines is 2. The van der Waals surface area contributed by atoms with Crippen molar-refractivity contribution in [1.82, 2.24) is 0 Å². The van der Waals surface area contributed by atoms with Crippen molar-refractivity contribution in [3.63, 3.8) is 0 Å². The number of aliphatic hydroxyl groups excluding tert-OH is 1. The Labute approximate surface area is 151 Å². The summed E-state index contributed by atoms with van der Waals surface area (Å²) < 4.78 is 27.4. The van der Waals surface area contributed by atoms with E-state index >= 15 is 0 Å². The van der Waals surface area contributed by atoms with Gasteiger partial charge >= 0.3 is 0 Å². The summed E-state index contributed by atoms with van der Waals surface area (Å²) in [6, 6.07) is 12.8. The van der Waals surface area contributed by atoms with Gasteiger partial charge in [0.1, 0.15) is 6.61 Å². The molecule has 25 heavy (non-hydrogen) atoms. The lowest BCUT2D eigenvalue weighted by atomic mass is 10.1. The van der Waals surface area contributed by atoms with E-state index in [1.807, 2.05) is 0 Å². The second kappa shape index (κ2) is 8.84. The number of halogens is 1. The Hall–Kier alpha value is -2.09. The molecule has 0 aliphatic rings. The molecule has 0 saturated carbocycles. The molecular formula is C17H19ClN2O4S. The molecule has 0 saturated heterocycles. The highest BCUT2D eigenvalue weighted by Gasteiger charge is 2.14. The molecule has 0 fully saturated rings. The van der Waals surface area contributed by atoms with Crippen molar-refractivity contribution in [2.45, 2.75) is 17.7 Å². The lowest BCUT2D eigenvalue weighted by Crippen LogP contribution is -2.16. The Bertz CT molecular complexity index is 823. The molecule has 8 heteroatoms. The predicted molar refractivity (Wildman–Crippen MR) is 98.4 cm³/mol. The van der Waals surface area contributed by atoms with E-state index in [4.69, 9.17) is 16.7 Å². The summed E-state index contributed by atoms with van der Waals surface area (Å²) in [6.07, 6.45) is 1.63. The summed E-state index contributed by atoms with van der Waals surface area (Å²) in [7, 11) is -3.74. The first kappa shape index (κ1) is 19.2. The number of carbonyl (C=O) groups is 1. The van der Waals surface area contributed by atoms with Crippen molar-refractivity contribution in [2.24, 2.45) is 0 Å². The average Bonchev–Trinajstić information content (AvgIpc) is 2.60. The van der Waals surface area contributed by atoms with Crippen LogP contribution in [0.2, 0.25) is 0 Å². The van der Waals surface area contributed by atoms with E-state index in [1.54, 1.807) is 42.5 Å². The van der Waals surface area contributed by atoms with Crippen LogP contribution in [0.3, 0.4) is 0 Å². The number of hydrogen-bond acceptors (Lipinski definition) is 4. The third-order valence-electron chi connectivity index (χ3n) is 3.37. The largest absolute Gasteiger partial charge is 0.387 e. The number of alkyl halides is 1. The van der Waals surface area contributed by atoms with E-state index in [0.29, 0.717) is 17.3 Å². The van der Waals surface area contributed by atoms with Gasteiger partial charge < -0.3 is 10.4 Å². The Balaban J connectivity index is 2.12. The molecule has 6 nitrogen and oxygen atoms in total. The van der Waals surface area contributed by atoms with Crippen LogP contribution in [0.5, 0.6) is 0 Å². The lowest BCUT2D eigenvalue weighted by molar-refractivity contribution is -0.118. The number of aryl methyl sites for hydroxylation is 1. The van der Waals surface area contributed by atoms with Gasteiger partial charge in [0.15, 0.2) is 0 Å². The fourth-order valence-electron chi connectivity index (χ4n) is 2.18. The Morgan fingerprint density at radius 1 is 1.08 bits per heavy atom. The highest BCUT2D eigenvalue weighted by atomic mass is 35.5. The van der Waals surface area contributed by atoms with E-state index in [1.165, 1.54) is 6.07 Å². The van der Waals surface area contributed by atoms with E-state index in [-0.39, 0.29) is 4.90 Å². The molecule has 0 heterocycles. The SMILES string of the molecule is O=C(CO)Nc1cccc(NS(=O)(=O)c2ccc(CCCCl)cc2)c1. The van der Waals surface area contributed by atoms with E-state index in [2.05, 4.69) is 10.0 Å². The number of amides is 1. The summed E-state index contributed by atoms with van der Waals surface area (Å²) >= 11 is 5.65. The second-order valence-electron chi connectivity index (χ2n) is 5.33. The first-order chi connectivity index (χ1) is 11.9. The molecule has 134 valence electrons. The number of aliphatic hydroxyl groups is 1. The number of carbonyl (C=O) groups excluding carboxylic acids is 1. The second-order valence-corrected chi connectivity index (χ2v) is 7.39. The standard InChI is InChI=1S/C17H19ClN2O4S/c18-10-2-3-13-6-8-16(9-7-13)25(23,24)20-15-5-1-4-14(11-15)19-17(22)12-21/h1,4-9,11,20-21H,2-3,10,12H2,(H,19,22). The highest BCUT2D eigenvalue weighted by Crippen LogP contribution is 2.20. The van der Waals surface area contributed by atoms with Gasteiger partial charge in [0.2, 0.25) is 5.91 Å². The molecule has 2 aromatic carbocycles. The normalized spacial score (nSPS) is 11.1. The van der Waals surface area contributed by atoms with E-state index in [0.717, 1.165) is 18.4 Å². The molecular weight excluding hydrogens is 364 g/mol. The minimum Gasteiger partial charge on any atom is -0.387 e. The van der Waals surface area contributed by atoms with Crippen LogP contribution < -0.4 is 10.0 Å². The average molecular weight is 383 g/mol. The van der Waals surface area contributed by atoms with Gasteiger partial charge in [-0.05, 0) is 48.7 Å². The van der Waals surface area contributed by atoms with Crippen molar-refractivity contribution >= 4 is 38.9 Å². The minimum atomic E-state index is -3.74. The smallest absolute Gasteiger partial charge is 0.261 e. The quantitative estimate of drug-likeness (QED) is 0.611. The molecule has 0 atom stereocenters. The fraction of sp³-hybridized carbons (Fsp3) is 0.235. The Morgan fingerprint density at radius 2 is 1.76 bits per heavy atom. The maximum absolute atomic E-state index is 12.5. The zero-order chi connectivity index (χ0) is 18.3. The number of rotatable bonds is 8. The van der Waals surface area contributed by atoms with Crippen molar-refractivity contribution < 1.29 is 18.3 Å². The topological polar surface area (TPSA) is 95.5 Å². The third-order valence-corrected chi connectivity index (χ3v) is 5.04. The summed E-state index contributed by atoms with van der Waals surface area (Å²) in [6.45, 7) is -0.647. The summed E-state index contributed by atoms with van der Waals surface area (Å²) in [4.78, 5) is 11.3. The Kier molecular flexibility index (Phi) is 6.81. The van der Waals surface area contributed by atoms with Gasteiger partial charge in [-0.15, -0.1) is 11.6 Å². The van der Waals surface area contributed by atoms with Crippen LogP contribution in [-0.2, 0) is 21.2 Å². The van der Waals surface area contributed by atoms with Gasteiger partial charge in [-0.1, -0.05) is 18.2 Å². The van der Waals surface area contributed by atoms with Crippen LogP contribution in [-0.4, -0.2) is 31.9 Å². The van der Waals surface area contributed by atoms with Gasteiger partial charge in [0, 0.05) is 11.6 Å². The van der Waals surface area contributed by atoms with Crippen molar-refractivity contribution in [1.29, 1.82) is 0 Å². The van der Waals surface area contributed by atoms with Crippen molar-refractivity contribution in [3.05, 3.63) is 54.1 Å². The molecule has 0 aromatic heterocycles. The molecule has 1 amide bonds. The molecule has 0 aliphatic heterocycles. The van der Waals surface area contributed by atoms with Gasteiger partial charge in [0.25, 0.3) is 10.0 Å². The van der Waals surface area contributed by atoms with Crippen LogP contribution in [0.4, 0.5) is 11.4 Å². The lowest BCUT2D eigenvalue weighted by Gasteiger charge is -2.10. The fourth-order valence-corrected chi connectivity index (χ4v) is 3.36. The first-order valence-corrected chi connectivity index (χ1v) is 9.65. The molecule has 0 unspecified atom stereocenters. The summed E-state index contributed by atoms with van der Waals surface area (Å²) in [5.74, 6) is -0.0161. The summed E-state index contributed by atoms with van der Waals surface area (Å²) in [5.41, 5.74) is 1.71. The molecule has 2 rings (SSSR count). The first-order valence-electron chi connectivity index (χ1n) is 7.63. The Morgan fingerprint density at radius 3 is 2.40 bits per heavy atom. The van der Waals surface area contributed by atoms with Crippen LogP contribution in [0, 0.1) is 0 Å². The maximum atomic E-state index is 12.5. The number of benzene rings is 2. The van der Waals surface area contributed by atoms with Gasteiger partial charge in [-0.2, -0.15) is 0 Å². The van der Waals surface area contributed by atoms with Gasteiger partial charge in [-0.3, -0.25) is 9.52 Å². The zero-order valence-electron chi connectivity index (χ0n) is 13.4. The van der Waals surface area contributed by atoms with Crippen molar-refractivity contribution in [2.75, 3.05) is 22.5 Å². The molecule has 0 bridgehead atoms. The van der Waals surface area contributed by atoms with Crippen LogP contribution in [0.1, 0.15) is 12.0 Å². The van der Waals surface area contributed by atoms with Crippen molar-refractivity contribution in [3.8, 4) is 0 Å². The number of nitrogens with one attached hydrogen (secondary N) is 2. The number of sulfonamides is 1. The van der Waals surface area contributed by atoms with Gasteiger partial charge in [0.05, 0.1) is 10.6 Å². The van der Waals surface area contributed by atoms with Gasteiger partial charge in [-0.25, -0.2) is 8.42 Å². The monoisotopic (exact) mass is 382 g/mol. The van der Waals surface area contributed by atoms with Crippen LogP contribution in [0.25, 0.3) is 0 Å². The molecule has 2 aromatic rings. The minimum absolute atomic E-state index is 0.145. The predicted octanol–water partition coefficient (Wildman–Crippen LogP) is 2.59. The third kappa shape index (κ3) is 5.74. The maximum Gasteiger partial charge on any atom is 0.261 e. The highest BCUT2D eigenvalue weighted by molar-refractivity contribution is 7.92. The molecule has 0 radical (unpaired) electrons. The molecule has 0 aliphatic carbocycles. The van der Waals surface area contributed by atoms with Crippen LogP contribution in [0.15, 0.2) is 53.4 Å². The molecule has 3 N–H and O–H groups in total. The van der Waals surface area contributed by atoms with Crippen LogP contribution >= 0.6 is 11.6 Å².